The van der Waals surface area contributed by atoms with E-state index in [9.17, 15) is 9.18 Å². The van der Waals surface area contributed by atoms with E-state index in [0.29, 0.717) is 19.3 Å². The number of aryl methyl sites for hydroxylation is 2. The van der Waals surface area contributed by atoms with Gasteiger partial charge in [0, 0.05) is 31.3 Å². The first-order valence-electron chi connectivity index (χ1n) is 9.77. The van der Waals surface area contributed by atoms with Crippen molar-refractivity contribution in [1.29, 1.82) is 0 Å². The fourth-order valence-corrected chi connectivity index (χ4v) is 3.80. The van der Waals surface area contributed by atoms with Crippen molar-refractivity contribution < 1.29 is 9.18 Å². The molecule has 5 heteroatoms. The Morgan fingerprint density at radius 3 is 2.75 bits per heavy atom. The number of rotatable bonds is 7. The number of nitrogens with zero attached hydrogens (tertiary/aromatic N) is 2. The summed E-state index contributed by atoms with van der Waals surface area (Å²) in [7, 11) is 0. The van der Waals surface area contributed by atoms with Crippen molar-refractivity contribution in [2.45, 2.75) is 38.6 Å². The van der Waals surface area contributed by atoms with Crippen molar-refractivity contribution in [2.24, 2.45) is 0 Å². The lowest BCUT2D eigenvalue weighted by Crippen LogP contribution is -2.29. The van der Waals surface area contributed by atoms with Gasteiger partial charge in [0.15, 0.2) is 0 Å². The summed E-state index contributed by atoms with van der Waals surface area (Å²) >= 11 is 0. The first-order valence-corrected chi connectivity index (χ1v) is 9.77. The third kappa shape index (κ3) is 4.47. The Hall–Kier alpha value is -2.95. The maximum atomic E-state index is 13.0. The zero-order chi connectivity index (χ0) is 19.3. The van der Waals surface area contributed by atoms with Gasteiger partial charge < -0.3 is 9.88 Å². The highest BCUT2D eigenvalue weighted by Crippen LogP contribution is 2.29. The molecule has 1 aromatic heterocycles. The highest BCUT2D eigenvalue weighted by molar-refractivity contribution is 5.81. The molecule has 0 saturated carbocycles. The Morgan fingerprint density at radius 2 is 1.96 bits per heavy atom. The number of halogens is 1. The lowest BCUT2D eigenvalue weighted by molar-refractivity contribution is -0.118. The van der Waals surface area contributed by atoms with Gasteiger partial charge in [-0.15, -0.1) is 0 Å². The third-order valence-corrected chi connectivity index (χ3v) is 5.29. The molecule has 2 heterocycles. The van der Waals surface area contributed by atoms with Crippen LogP contribution >= 0.6 is 0 Å². The topological polar surface area (TPSA) is 49.0 Å². The number of benzene rings is 2. The zero-order valence-corrected chi connectivity index (χ0v) is 15.8. The van der Waals surface area contributed by atoms with Gasteiger partial charge in [0.05, 0.1) is 18.6 Å². The maximum Gasteiger partial charge on any atom is 0.137 e. The minimum Gasteiger partial charge on any atom is -0.365 e. The molecule has 144 valence electrons. The van der Waals surface area contributed by atoms with Crippen LogP contribution in [-0.2, 0) is 30.6 Å². The van der Waals surface area contributed by atoms with Crippen LogP contribution in [0.3, 0.4) is 0 Å². The van der Waals surface area contributed by atoms with Crippen LogP contribution in [0.2, 0.25) is 0 Å². The molecule has 0 saturated heterocycles. The van der Waals surface area contributed by atoms with E-state index in [2.05, 4.69) is 33.1 Å². The van der Waals surface area contributed by atoms with Crippen LogP contribution < -0.4 is 4.90 Å². The summed E-state index contributed by atoms with van der Waals surface area (Å²) in [4.78, 5) is 22.1. The van der Waals surface area contributed by atoms with Gasteiger partial charge >= 0.3 is 0 Å². The van der Waals surface area contributed by atoms with Gasteiger partial charge in [0.25, 0.3) is 0 Å². The van der Waals surface area contributed by atoms with Crippen LogP contribution in [0.4, 0.5) is 10.1 Å². The number of aromatic amines is 1. The van der Waals surface area contributed by atoms with Crippen LogP contribution in [0.1, 0.15) is 35.2 Å². The summed E-state index contributed by atoms with van der Waals surface area (Å²) in [6, 6.07) is 12.8. The molecule has 0 spiro atoms. The number of carbonyl (C=O) groups excluding carboxylic acids is 1. The molecule has 0 atom stereocenters. The number of carbonyl (C=O) groups is 1. The van der Waals surface area contributed by atoms with Gasteiger partial charge in [0.1, 0.15) is 11.6 Å². The summed E-state index contributed by atoms with van der Waals surface area (Å²) in [5.74, 6) is -0.0379. The fraction of sp³-hybridized carbons (Fsp3) is 0.304. The average Bonchev–Trinajstić information content (AvgIpc) is 3.21. The lowest BCUT2D eigenvalue weighted by atomic mass is 9.96. The molecule has 1 N–H and O–H groups in total. The van der Waals surface area contributed by atoms with Gasteiger partial charge in [-0.25, -0.2) is 9.37 Å². The maximum absolute atomic E-state index is 13.0. The minimum absolute atomic E-state index is 0.209. The highest BCUT2D eigenvalue weighted by atomic mass is 19.1. The molecule has 28 heavy (non-hydrogen) atoms. The molecule has 0 amide bonds. The molecular formula is C23H24FN3O. The number of aromatic nitrogens is 2. The smallest absolute Gasteiger partial charge is 0.137 e. The van der Waals surface area contributed by atoms with E-state index in [1.807, 2.05) is 6.20 Å². The molecule has 1 aliphatic heterocycles. The summed E-state index contributed by atoms with van der Waals surface area (Å²) < 4.78 is 13.0. The number of hydrogen-bond acceptors (Lipinski definition) is 3. The Balaban J connectivity index is 1.41. The molecule has 4 nitrogen and oxygen atoms in total. The Morgan fingerprint density at radius 1 is 1.14 bits per heavy atom. The second kappa shape index (κ2) is 8.38. The molecule has 0 bridgehead atoms. The number of H-pyrrole nitrogens is 1. The molecule has 0 radical (unpaired) electrons. The van der Waals surface area contributed by atoms with Crippen LogP contribution in [0.5, 0.6) is 0 Å². The monoisotopic (exact) mass is 377 g/mol. The number of hydrogen-bond donors (Lipinski definition) is 1. The Bertz CT molecular complexity index is 935. The second-order valence-electron chi connectivity index (χ2n) is 7.41. The molecule has 1 aliphatic rings. The summed E-state index contributed by atoms with van der Waals surface area (Å²) in [6.45, 7) is 1.81. The predicted molar refractivity (Wildman–Crippen MR) is 108 cm³/mol. The van der Waals surface area contributed by atoms with Crippen molar-refractivity contribution in [3.63, 3.8) is 0 Å². The molecule has 3 aromatic rings. The van der Waals surface area contributed by atoms with E-state index < -0.39 is 0 Å². The number of ketones is 1. The van der Waals surface area contributed by atoms with E-state index in [0.717, 1.165) is 42.8 Å². The van der Waals surface area contributed by atoms with Crippen molar-refractivity contribution >= 4 is 11.5 Å². The normalized spacial score (nSPS) is 13.4. The molecule has 4 rings (SSSR count). The molecule has 0 fully saturated rings. The van der Waals surface area contributed by atoms with E-state index in [1.165, 1.54) is 23.4 Å². The van der Waals surface area contributed by atoms with Crippen molar-refractivity contribution in [2.75, 3.05) is 11.4 Å². The number of fused-ring (bicyclic) bond motifs is 1. The first-order chi connectivity index (χ1) is 13.7. The van der Waals surface area contributed by atoms with Crippen LogP contribution in [0.15, 0.2) is 55.0 Å². The van der Waals surface area contributed by atoms with Crippen LogP contribution in [0, 0.1) is 5.82 Å². The number of imidazole rings is 1. The van der Waals surface area contributed by atoms with Gasteiger partial charge in [-0.05, 0) is 54.2 Å². The van der Waals surface area contributed by atoms with Gasteiger partial charge in [-0.2, -0.15) is 0 Å². The van der Waals surface area contributed by atoms with Gasteiger partial charge in [-0.1, -0.05) is 24.3 Å². The predicted octanol–water partition coefficient (Wildman–Crippen LogP) is 4.25. The molecule has 2 aromatic carbocycles. The average molecular weight is 377 g/mol. The van der Waals surface area contributed by atoms with Gasteiger partial charge in [0.2, 0.25) is 0 Å². The number of nitrogens with one attached hydrogen (secondary N) is 1. The SMILES string of the molecule is O=C(CCc1ccc(F)cc1)Cc1ccc2c(c1)N(Cc1cnc[nH]1)CCC2. The molecule has 0 aliphatic carbocycles. The summed E-state index contributed by atoms with van der Waals surface area (Å²) in [5, 5.41) is 0. The quantitative estimate of drug-likeness (QED) is 0.670. The highest BCUT2D eigenvalue weighted by Gasteiger charge is 2.18. The van der Waals surface area contributed by atoms with Crippen molar-refractivity contribution in [3.8, 4) is 0 Å². The zero-order valence-electron chi connectivity index (χ0n) is 15.8. The molecular weight excluding hydrogens is 353 g/mol. The standard InChI is InChI=1S/C23H24FN3O/c24-20-8-4-17(5-9-20)6-10-22(28)12-18-3-7-19-2-1-11-27(23(19)13-18)15-21-14-25-16-26-21/h3-5,7-9,13-14,16H,1-2,6,10-12,15H2,(H,25,26). The number of Topliss-reactive ketones (excluding diaryl/α,β-unsaturated/α-hetero) is 1. The van der Waals surface area contributed by atoms with E-state index >= 15 is 0 Å². The Kier molecular flexibility index (Phi) is 5.51. The van der Waals surface area contributed by atoms with Crippen molar-refractivity contribution in [1.82, 2.24) is 9.97 Å². The summed E-state index contributed by atoms with van der Waals surface area (Å²) in [5.41, 5.74) is 5.71. The summed E-state index contributed by atoms with van der Waals surface area (Å²) in [6.07, 6.45) is 7.33. The third-order valence-electron chi connectivity index (χ3n) is 5.29. The van der Waals surface area contributed by atoms with E-state index in [4.69, 9.17) is 0 Å². The Labute approximate surface area is 164 Å². The second-order valence-corrected chi connectivity index (χ2v) is 7.41. The largest absolute Gasteiger partial charge is 0.365 e. The van der Waals surface area contributed by atoms with E-state index in [-0.39, 0.29) is 11.6 Å². The fourth-order valence-electron chi connectivity index (χ4n) is 3.80. The van der Waals surface area contributed by atoms with Crippen LogP contribution in [-0.4, -0.2) is 22.3 Å². The first kappa shape index (κ1) is 18.4. The van der Waals surface area contributed by atoms with E-state index in [1.54, 1.807) is 18.5 Å². The van der Waals surface area contributed by atoms with Crippen molar-refractivity contribution in [3.05, 3.63) is 83.2 Å². The van der Waals surface area contributed by atoms with Crippen LogP contribution in [0.25, 0.3) is 0 Å². The minimum atomic E-state index is -0.246. The van der Waals surface area contributed by atoms with Gasteiger partial charge in [-0.3, -0.25) is 4.79 Å². The molecule has 0 unspecified atom stereocenters. The number of anilines is 1. The lowest BCUT2D eigenvalue weighted by Gasteiger charge is -2.31.